The number of nitrogens with one attached hydrogen (secondary N) is 2. The number of hydrogen-bond acceptors (Lipinski definition) is 5. The van der Waals surface area contributed by atoms with Crippen LogP contribution in [0.3, 0.4) is 0 Å². The second-order valence-electron chi connectivity index (χ2n) is 9.07. The number of halogens is 1. The molecule has 2 heterocycles. The first-order chi connectivity index (χ1) is 17.7. The maximum Gasteiger partial charge on any atom is 0.341 e. The normalized spacial score (nSPS) is 19.8. The number of benzene rings is 2. The average molecular weight is 509 g/mol. The predicted molar refractivity (Wildman–Crippen MR) is 129 cm³/mol. The van der Waals surface area contributed by atoms with Gasteiger partial charge in [0, 0.05) is 29.7 Å². The number of aromatic nitrogens is 1. The van der Waals surface area contributed by atoms with Gasteiger partial charge < -0.3 is 31.1 Å². The van der Waals surface area contributed by atoms with Gasteiger partial charge in [-0.3, -0.25) is 9.36 Å². The van der Waals surface area contributed by atoms with E-state index < -0.39 is 36.5 Å². The largest absolute Gasteiger partial charge is 0.482 e. The Labute approximate surface area is 210 Å². The van der Waals surface area contributed by atoms with Crippen molar-refractivity contribution in [2.75, 3.05) is 11.9 Å². The van der Waals surface area contributed by atoms with Crippen LogP contribution >= 0.6 is 0 Å². The lowest BCUT2D eigenvalue weighted by molar-refractivity contribution is -0.139. The Morgan fingerprint density at radius 3 is 2.65 bits per heavy atom. The summed E-state index contributed by atoms with van der Waals surface area (Å²) in [5.74, 6) is -1.53. The van der Waals surface area contributed by atoms with Crippen LogP contribution in [0.4, 0.5) is 19.7 Å². The van der Waals surface area contributed by atoms with Crippen molar-refractivity contribution >= 4 is 40.5 Å². The number of aliphatic carboxylic acids is 1. The molecule has 1 aliphatic carbocycles. The van der Waals surface area contributed by atoms with Crippen molar-refractivity contribution in [2.45, 2.75) is 31.5 Å². The lowest BCUT2D eigenvalue weighted by Gasteiger charge is -2.27. The van der Waals surface area contributed by atoms with Crippen LogP contribution in [0.25, 0.3) is 10.9 Å². The van der Waals surface area contributed by atoms with Crippen LogP contribution in [-0.4, -0.2) is 57.2 Å². The molecule has 11 nitrogen and oxygen atoms in total. The Morgan fingerprint density at radius 1 is 1.14 bits per heavy atom. The van der Waals surface area contributed by atoms with Crippen molar-refractivity contribution in [3.63, 3.8) is 0 Å². The molecule has 0 bridgehead atoms. The Morgan fingerprint density at radius 2 is 1.92 bits per heavy atom. The quantitative estimate of drug-likeness (QED) is 0.383. The number of nitrogens with zero attached hydrogens (tertiary/aromatic N) is 2. The highest BCUT2D eigenvalue weighted by molar-refractivity contribution is 6.06. The van der Waals surface area contributed by atoms with Crippen LogP contribution in [0.5, 0.6) is 5.75 Å². The van der Waals surface area contributed by atoms with Gasteiger partial charge >= 0.3 is 18.0 Å². The van der Waals surface area contributed by atoms with E-state index in [1.165, 1.54) is 35.4 Å². The predicted octanol–water partition coefficient (Wildman–Crippen LogP) is 2.48. The minimum atomic E-state index is -1.16. The molecule has 1 saturated carbocycles. The van der Waals surface area contributed by atoms with Gasteiger partial charge in [0.05, 0.1) is 11.2 Å². The number of amides is 4. The van der Waals surface area contributed by atoms with Gasteiger partial charge in [-0.25, -0.2) is 18.8 Å². The molecule has 0 radical (unpaired) electrons. The molecule has 2 aromatic carbocycles. The standard InChI is InChI=1S/C25H24FN5O6/c26-17-4-2-1-3-13(17)10-28-23(34)21-8-14-7-20(14)31(21)25(36)29-18-11-30(24(27)35)19-6-5-15(9-16(18)19)37-12-22(32)33/h1-6,9,11,14,20-21H,7-8,10,12H2,(H2,27,35)(H,28,34)(H,29,36)(H,32,33)/t14?,20?,21-/m0/s1. The van der Waals surface area contributed by atoms with Crippen LogP contribution in [0, 0.1) is 11.7 Å². The van der Waals surface area contributed by atoms with Gasteiger partial charge in [-0.2, -0.15) is 0 Å². The molecule has 37 heavy (non-hydrogen) atoms. The number of likely N-dealkylation sites (tertiary alicyclic amines) is 1. The number of carboxylic acid groups (broad SMARTS) is 1. The third kappa shape index (κ3) is 4.77. The van der Waals surface area contributed by atoms with Crippen LogP contribution in [0.15, 0.2) is 48.7 Å². The molecular formula is C25H24FN5O6. The molecule has 2 aliphatic rings. The summed E-state index contributed by atoms with van der Waals surface area (Å²) in [4.78, 5) is 50.6. The first-order valence-electron chi connectivity index (χ1n) is 11.6. The van der Waals surface area contributed by atoms with Gasteiger partial charge in [0.2, 0.25) is 5.91 Å². The van der Waals surface area contributed by atoms with E-state index in [4.69, 9.17) is 15.6 Å². The van der Waals surface area contributed by atoms with Crippen LogP contribution < -0.4 is 21.1 Å². The molecule has 3 atom stereocenters. The maximum absolute atomic E-state index is 13.9. The minimum Gasteiger partial charge on any atom is -0.482 e. The zero-order valence-corrected chi connectivity index (χ0v) is 19.5. The summed E-state index contributed by atoms with van der Waals surface area (Å²) in [5, 5.41) is 14.8. The molecule has 5 rings (SSSR count). The summed E-state index contributed by atoms with van der Waals surface area (Å²) in [7, 11) is 0. The number of carbonyl (C=O) groups is 4. The average Bonchev–Trinajstić information content (AvgIpc) is 3.37. The number of carbonyl (C=O) groups excluding carboxylic acids is 3. The molecule has 1 aromatic heterocycles. The highest BCUT2D eigenvalue weighted by Gasteiger charge is 2.56. The summed E-state index contributed by atoms with van der Waals surface area (Å²) in [6.45, 7) is -0.567. The Bertz CT molecular complexity index is 1420. The van der Waals surface area contributed by atoms with Crippen LogP contribution in [0.1, 0.15) is 18.4 Å². The molecule has 2 unspecified atom stereocenters. The fourth-order valence-electron chi connectivity index (χ4n) is 4.83. The zero-order chi connectivity index (χ0) is 26.3. The Hall–Kier alpha value is -4.61. The van der Waals surface area contributed by atoms with Gasteiger partial charge in [0.1, 0.15) is 17.6 Å². The van der Waals surface area contributed by atoms with E-state index in [1.807, 2.05) is 0 Å². The van der Waals surface area contributed by atoms with Gasteiger partial charge in [-0.15, -0.1) is 0 Å². The first kappa shape index (κ1) is 24.1. The number of piperidine rings is 1. The molecule has 2 fully saturated rings. The molecule has 0 spiro atoms. The number of anilines is 1. The minimum absolute atomic E-state index is 0.00197. The van der Waals surface area contributed by atoms with Crippen molar-refractivity contribution in [3.8, 4) is 5.75 Å². The maximum atomic E-state index is 13.9. The smallest absolute Gasteiger partial charge is 0.341 e. The number of ether oxygens (including phenoxy) is 1. The SMILES string of the molecule is NC(=O)n1cc(NC(=O)N2C3CC3C[C@H]2C(=O)NCc2ccccc2F)c2cc(OCC(=O)O)ccc21. The van der Waals surface area contributed by atoms with E-state index in [9.17, 15) is 23.6 Å². The summed E-state index contributed by atoms with van der Waals surface area (Å²) in [6, 6.07) is 8.51. The van der Waals surface area contributed by atoms with Crippen LogP contribution in [0.2, 0.25) is 0 Å². The molecular weight excluding hydrogens is 485 g/mol. The Balaban J connectivity index is 1.35. The summed E-state index contributed by atoms with van der Waals surface area (Å²) in [5.41, 5.74) is 6.45. The second kappa shape index (κ2) is 9.45. The molecule has 1 aliphatic heterocycles. The number of hydrogen-bond donors (Lipinski definition) is 4. The molecule has 5 N–H and O–H groups in total. The monoisotopic (exact) mass is 509 g/mol. The molecule has 3 aromatic rings. The molecule has 12 heteroatoms. The zero-order valence-electron chi connectivity index (χ0n) is 19.5. The number of urea groups is 1. The highest BCUT2D eigenvalue weighted by Crippen LogP contribution is 2.48. The molecule has 192 valence electrons. The van der Waals surface area contributed by atoms with Crippen molar-refractivity contribution in [3.05, 3.63) is 60.0 Å². The van der Waals surface area contributed by atoms with E-state index in [0.717, 1.165) is 11.0 Å². The number of carboxylic acids is 1. The van der Waals surface area contributed by atoms with Crippen molar-refractivity contribution in [1.29, 1.82) is 0 Å². The summed E-state index contributed by atoms with van der Waals surface area (Å²) >= 11 is 0. The highest BCUT2D eigenvalue weighted by atomic mass is 19.1. The molecule has 1 saturated heterocycles. The van der Waals surface area contributed by atoms with Crippen LogP contribution in [-0.2, 0) is 16.1 Å². The summed E-state index contributed by atoms with van der Waals surface area (Å²) < 4.78 is 20.3. The van der Waals surface area contributed by atoms with Gasteiger partial charge in [-0.1, -0.05) is 18.2 Å². The summed E-state index contributed by atoms with van der Waals surface area (Å²) in [6.07, 6.45) is 2.64. The van der Waals surface area contributed by atoms with Gasteiger partial charge in [0.25, 0.3) is 0 Å². The fourth-order valence-corrected chi connectivity index (χ4v) is 4.83. The van der Waals surface area contributed by atoms with Gasteiger partial charge in [-0.05, 0) is 43.0 Å². The van der Waals surface area contributed by atoms with Gasteiger partial charge in [0.15, 0.2) is 6.61 Å². The van der Waals surface area contributed by atoms with E-state index >= 15 is 0 Å². The Kier molecular flexibility index (Phi) is 6.15. The van der Waals surface area contributed by atoms with Crippen molar-refractivity contribution < 1.29 is 33.4 Å². The van der Waals surface area contributed by atoms with Crippen molar-refractivity contribution in [2.24, 2.45) is 11.7 Å². The van der Waals surface area contributed by atoms with E-state index in [-0.39, 0.29) is 35.8 Å². The van der Waals surface area contributed by atoms with E-state index in [1.54, 1.807) is 18.2 Å². The second-order valence-corrected chi connectivity index (χ2v) is 9.07. The topological polar surface area (TPSA) is 156 Å². The number of nitrogens with two attached hydrogens (primary N) is 1. The third-order valence-corrected chi connectivity index (χ3v) is 6.67. The molecule has 4 amide bonds. The lowest BCUT2D eigenvalue weighted by Crippen LogP contribution is -2.49. The third-order valence-electron chi connectivity index (χ3n) is 6.67. The number of rotatable bonds is 7. The number of primary amides is 1. The fraction of sp³-hybridized carbons (Fsp3) is 0.280. The van der Waals surface area contributed by atoms with E-state index in [0.29, 0.717) is 22.9 Å². The lowest BCUT2D eigenvalue weighted by atomic mass is 10.1. The van der Waals surface area contributed by atoms with Crippen molar-refractivity contribution in [1.82, 2.24) is 14.8 Å². The van der Waals surface area contributed by atoms with E-state index in [2.05, 4.69) is 10.6 Å². The number of fused-ring (bicyclic) bond motifs is 2. The first-order valence-corrected chi connectivity index (χ1v) is 11.6.